The van der Waals surface area contributed by atoms with E-state index in [0.717, 1.165) is 22.0 Å². The Morgan fingerprint density at radius 3 is 2.50 bits per heavy atom. The van der Waals surface area contributed by atoms with Gasteiger partial charge in [0.15, 0.2) is 0 Å². The fraction of sp³-hybridized carbons (Fsp3) is 0.190. The van der Waals surface area contributed by atoms with Gasteiger partial charge >= 0.3 is 0 Å². The molecule has 0 atom stereocenters. The van der Waals surface area contributed by atoms with E-state index in [4.69, 9.17) is 0 Å². The van der Waals surface area contributed by atoms with Gasteiger partial charge in [-0.3, -0.25) is 14.6 Å². The molecule has 2 aromatic carbocycles. The van der Waals surface area contributed by atoms with Gasteiger partial charge < -0.3 is 10.2 Å². The predicted octanol–water partition coefficient (Wildman–Crippen LogP) is 2.80. The summed E-state index contributed by atoms with van der Waals surface area (Å²) in [6.45, 7) is 0.491. The lowest BCUT2D eigenvalue weighted by atomic mass is 10.1. The van der Waals surface area contributed by atoms with E-state index in [2.05, 4.69) is 10.3 Å². The lowest BCUT2D eigenvalue weighted by Crippen LogP contribution is -2.27. The van der Waals surface area contributed by atoms with E-state index in [1.807, 2.05) is 42.5 Å². The van der Waals surface area contributed by atoms with Crippen molar-refractivity contribution in [1.82, 2.24) is 15.2 Å². The maximum atomic E-state index is 12.6. The SMILES string of the molecule is CNC(=O)c1ccc(CN(C)C(=O)Cc2cccc3cccnc23)cc1. The van der Waals surface area contributed by atoms with Gasteiger partial charge in [0, 0.05) is 37.8 Å². The summed E-state index contributed by atoms with van der Waals surface area (Å²) in [7, 11) is 3.39. The number of para-hydroxylation sites is 1. The molecule has 5 nitrogen and oxygen atoms in total. The second kappa shape index (κ2) is 7.78. The number of nitrogens with zero attached hydrogens (tertiary/aromatic N) is 2. The fourth-order valence-electron chi connectivity index (χ4n) is 2.88. The maximum Gasteiger partial charge on any atom is 0.251 e. The molecule has 0 radical (unpaired) electrons. The highest BCUT2D eigenvalue weighted by molar-refractivity contribution is 5.94. The van der Waals surface area contributed by atoms with Crippen LogP contribution in [0.25, 0.3) is 10.9 Å². The minimum Gasteiger partial charge on any atom is -0.355 e. The van der Waals surface area contributed by atoms with Crippen molar-refractivity contribution in [3.63, 3.8) is 0 Å². The van der Waals surface area contributed by atoms with E-state index in [1.165, 1.54) is 0 Å². The van der Waals surface area contributed by atoms with Crippen LogP contribution in [0.1, 0.15) is 21.5 Å². The quantitative estimate of drug-likeness (QED) is 0.772. The molecule has 0 fully saturated rings. The molecule has 5 heteroatoms. The molecule has 0 saturated carbocycles. The summed E-state index contributed by atoms with van der Waals surface area (Å²) < 4.78 is 0. The largest absolute Gasteiger partial charge is 0.355 e. The molecule has 132 valence electrons. The zero-order valence-corrected chi connectivity index (χ0v) is 14.9. The van der Waals surface area contributed by atoms with Crippen LogP contribution in [-0.4, -0.2) is 35.8 Å². The summed E-state index contributed by atoms with van der Waals surface area (Å²) in [5, 5.41) is 3.62. The van der Waals surface area contributed by atoms with Crippen molar-refractivity contribution < 1.29 is 9.59 Å². The lowest BCUT2D eigenvalue weighted by molar-refractivity contribution is -0.129. The van der Waals surface area contributed by atoms with Crippen molar-refractivity contribution in [1.29, 1.82) is 0 Å². The Labute approximate surface area is 152 Å². The van der Waals surface area contributed by atoms with Gasteiger partial charge in [0.2, 0.25) is 5.91 Å². The number of rotatable bonds is 5. The number of benzene rings is 2. The van der Waals surface area contributed by atoms with Gasteiger partial charge in [-0.05, 0) is 29.3 Å². The molecular weight excluding hydrogens is 326 g/mol. The average Bonchev–Trinajstić information content (AvgIpc) is 2.68. The molecule has 0 unspecified atom stereocenters. The molecule has 1 N–H and O–H groups in total. The highest BCUT2D eigenvalue weighted by Crippen LogP contribution is 2.17. The normalized spacial score (nSPS) is 10.5. The van der Waals surface area contributed by atoms with Crippen LogP contribution in [0.3, 0.4) is 0 Å². The third-order valence-corrected chi connectivity index (χ3v) is 4.35. The molecular formula is C21H21N3O2. The van der Waals surface area contributed by atoms with Crippen LogP contribution < -0.4 is 5.32 Å². The van der Waals surface area contributed by atoms with Crippen molar-refractivity contribution in [3.8, 4) is 0 Å². The molecule has 2 amide bonds. The molecule has 0 aliphatic carbocycles. The molecule has 0 aliphatic rings. The van der Waals surface area contributed by atoms with E-state index in [9.17, 15) is 9.59 Å². The van der Waals surface area contributed by atoms with E-state index in [1.54, 1.807) is 37.3 Å². The fourth-order valence-corrected chi connectivity index (χ4v) is 2.88. The van der Waals surface area contributed by atoms with Crippen LogP contribution in [0.5, 0.6) is 0 Å². The topological polar surface area (TPSA) is 62.3 Å². The Morgan fingerprint density at radius 1 is 1.04 bits per heavy atom. The van der Waals surface area contributed by atoms with Crippen LogP contribution >= 0.6 is 0 Å². The molecule has 0 saturated heterocycles. The molecule has 3 rings (SSSR count). The summed E-state index contributed by atoms with van der Waals surface area (Å²) in [6, 6.07) is 17.0. The zero-order chi connectivity index (χ0) is 18.5. The third kappa shape index (κ3) is 3.88. The molecule has 1 heterocycles. The van der Waals surface area contributed by atoms with E-state index < -0.39 is 0 Å². The van der Waals surface area contributed by atoms with Crippen molar-refractivity contribution in [2.24, 2.45) is 0 Å². The molecule has 0 bridgehead atoms. The van der Waals surface area contributed by atoms with E-state index >= 15 is 0 Å². The molecule has 0 spiro atoms. The smallest absolute Gasteiger partial charge is 0.251 e. The minimum absolute atomic E-state index is 0.0264. The molecule has 26 heavy (non-hydrogen) atoms. The van der Waals surface area contributed by atoms with Gasteiger partial charge in [-0.25, -0.2) is 0 Å². The van der Waals surface area contributed by atoms with Gasteiger partial charge in [-0.15, -0.1) is 0 Å². The summed E-state index contributed by atoms with van der Waals surface area (Å²) in [5.74, 6) is -0.0945. The number of likely N-dealkylation sites (N-methyl/N-ethyl adjacent to an activating group) is 1. The third-order valence-electron chi connectivity index (χ3n) is 4.35. The number of hydrogen-bond donors (Lipinski definition) is 1. The number of carbonyl (C=O) groups is 2. The standard InChI is InChI=1S/C21H21N3O2/c1-22-21(26)17-10-8-15(9-11-17)14-24(2)19(25)13-18-6-3-5-16-7-4-12-23-20(16)18/h3-12H,13-14H2,1-2H3,(H,22,26). The predicted molar refractivity (Wildman–Crippen MR) is 102 cm³/mol. The van der Waals surface area contributed by atoms with Gasteiger partial charge in [-0.1, -0.05) is 36.4 Å². The highest BCUT2D eigenvalue weighted by atomic mass is 16.2. The Morgan fingerprint density at radius 2 is 1.77 bits per heavy atom. The monoisotopic (exact) mass is 347 g/mol. The van der Waals surface area contributed by atoms with Crippen LogP contribution in [0, 0.1) is 0 Å². The number of amides is 2. The first-order chi connectivity index (χ1) is 12.6. The number of fused-ring (bicyclic) bond motifs is 1. The van der Waals surface area contributed by atoms with Crippen LogP contribution in [0.4, 0.5) is 0 Å². The second-order valence-corrected chi connectivity index (χ2v) is 6.19. The number of pyridine rings is 1. The first-order valence-electron chi connectivity index (χ1n) is 8.46. The maximum absolute atomic E-state index is 12.6. The van der Waals surface area contributed by atoms with E-state index in [0.29, 0.717) is 18.5 Å². The average molecular weight is 347 g/mol. The Balaban J connectivity index is 1.69. The summed E-state index contributed by atoms with van der Waals surface area (Å²) in [5.41, 5.74) is 3.37. The summed E-state index contributed by atoms with van der Waals surface area (Å²) >= 11 is 0. The molecule has 0 aliphatic heterocycles. The van der Waals surface area contributed by atoms with Gasteiger partial charge in [0.25, 0.3) is 5.91 Å². The second-order valence-electron chi connectivity index (χ2n) is 6.19. The minimum atomic E-state index is -0.121. The Bertz CT molecular complexity index is 930. The molecule has 1 aromatic heterocycles. The number of carbonyl (C=O) groups excluding carboxylic acids is 2. The highest BCUT2D eigenvalue weighted by Gasteiger charge is 2.13. The Hall–Kier alpha value is -3.21. The number of hydrogen-bond acceptors (Lipinski definition) is 3. The van der Waals surface area contributed by atoms with Crippen molar-refractivity contribution in [2.75, 3.05) is 14.1 Å². The van der Waals surface area contributed by atoms with Crippen molar-refractivity contribution >= 4 is 22.7 Å². The number of aromatic nitrogens is 1. The van der Waals surface area contributed by atoms with Gasteiger partial charge in [0.05, 0.1) is 11.9 Å². The first-order valence-corrected chi connectivity index (χ1v) is 8.46. The van der Waals surface area contributed by atoms with Crippen LogP contribution in [-0.2, 0) is 17.8 Å². The Kier molecular flexibility index (Phi) is 5.27. The summed E-state index contributed by atoms with van der Waals surface area (Å²) in [6.07, 6.45) is 2.05. The first kappa shape index (κ1) is 17.6. The number of nitrogens with one attached hydrogen (secondary N) is 1. The van der Waals surface area contributed by atoms with Crippen molar-refractivity contribution in [3.05, 3.63) is 77.5 Å². The van der Waals surface area contributed by atoms with Crippen LogP contribution in [0.2, 0.25) is 0 Å². The zero-order valence-electron chi connectivity index (χ0n) is 14.9. The van der Waals surface area contributed by atoms with Gasteiger partial charge in [-0.2, -0.15) is 0 Å². The molecule has 3 aromatic rings. The van der Waals surface area contributed by atoms with Crippen molar-refractivity contribution in [2.45, 2.75) is 13.0 Å². The van der Waals surface area contributed by atoms with Crippen LogP contribution in [0.15, 0.2) is 60.8 Å². The lowest BCUT2D eigenvalue weighted by Gasteiger charge is -2.18. The summed E-state index contributed by atoms with van der Waals surface area (Å²) in [4.78, 5) is 30.3. The van der Waals surface area contributed by atoms with E-state index in [-0.39, 0.29) is 11.8 Å². The van der Waals surface area contributed by atoms with Gasteiger partial charge in [0.1, 0.15) is 0 Å².